The summed E-state index contributed by atoms with van der Waals surface area (Å²) < 4.78 is 17.8. The molecule has 15 heavy (non-hydrogen) atoms. The third-order valence-electron chi connectivity index (χ3n) is 2.15. The van der Waals surface area contributed by atoms with Crippen LogP contribution in [0.4, 0.5) is 4.39 Å². The minimum absolute atomic E-state index is 0.117. The molecule has 0 bridgehead atoms. The summed E-state index contributed by atoms with van der Waals surface area (Å²) in [5.41, 5.74) is 1.43. The average molecular weight is 207 g/mol. The van der Waals surface area contributed by atoms with Crippen LogP contribution >= 0.6 is 0 Å². The second-order valence-electron chi connectivity index (χ2n) is 3.24. The molecule has 0 saturated carbocycles. The Morgan fingerprint density at radius 1 is 1.40 bits per heavy atom. The van der Waals surface area contributed by atoms with E-state index in [9.17, 15) is 4.39 Å². The van der Waals surface area contributed by atoms with E-state index in [1.54, 1.807) is 12.1 Å². The molecule has 1 heterocycles. The molecule has 4 heteroatoms. The third-order valence-corrected chi connectivity index (χ3v) is 2.15. The van der Waals surface area contributed by atoms with Crippen LogP contribution in [-0.4, -0.2) is 10.3 Å². The number of benzene rings is 1. The molecule has 0 aliphatic heterocycles. The predicted octanol–water partition coefficient (Wildman–Crippen LogP) is 1.90. The molecule has 0 unspecified atom stereocenters. The fourth-order valence-electron chi connectivity index (χ4n) is 1.39. The van der Waals surface area contributed by atoms with Gasteiger partial charge in [-0.2, -0.15) is 0 Å². The largest absolute Gasteiger partial charge is 0.391 e. The molecular formula is C11H10FNO2. The Labute approximate surface area is 86.1 Å². The van der Waals surface area contributed by atoms with Gasteiger partial charge in [0.2, 0.25) is 0 Å². The summed E-state index contributed by atoms with van der Waals surface area (Å²) in [6.45, 7) is -0.117. The van der Waals surface area contributed by atoms with E-state index in [-0.39, 0.29) is 12.4 Å². The molecule has 0 aliphatic rings. The van der Waals surface area contributed by atoms with Gasteiger partial charge in [-0.3, -0.25) is 0 Å². The Morgan fingerprint density at radius 3 is 3.00 bits per heavy atom. The second kappa shape index (κ2) is 4.23. The van der Waals surface area contributed by atoms with Crippen LogP contribution in [0.3, 0.4) is 0 Å². The maximum Gasteiger partial charge on any atom is 0.146 e. The summed E-state index contributed by atoms with van der Waals surface area (Å²) in [5, 5.41) is 12.5. The topological polar surface area (TPSA) is 46.3 Å². The van der Waals surface area contributed by atoms with Gasteiger partial charge in [0.1, 0.15) is 11.6 Å². The fourth-order valence-corrected chi connectivity index (χ4v) is 1.39. The van der Waals surface area contributed by atoms with E-state index < -0.39 is 0 Å². The van der Waals surface area contributed by atoms with E-state index in [4.69, 9.17) is 9.63 Å². The molecule has 0 atom stereocenters. The van der Waals surface area contributed by atoms with Crippen molar-refractivity contribution >= 4 is 0 Å². The first-order chi connectivity index (χ1) is 7.29. The van der Waals surface area contributed by atoms with E-state index in [1.807, 2.05) is 0 Å². The number of nitrogens with zero attached hydrogens (tertiary/aromatic N) is 1. The van der Waals surface area contributed by atoms with Crippen molar-refractivity contribution in [3.05, 3.63) is 53.2 Å². The van der Waals surface area contributed by atoms with Crippen LogP contribution in [0, 0.1) is 5.82 Å². The second-order valence-corrected chi connectivity index (χ2v) is 3.24. The SMILES string of the molecule is OCc1cnoc1Cc1cccc(F)c1. The first-order valence-electron chi connectivity index (χ1n) is 4.57. The molecule has 2 rings (SSSR count). The molecule has 0 saturated heterocycles. The molecule has 1 N–H and O–H groups in total. The van der Waals surface area contributed by atoms with Gasteiger partial charge in [-0.05, 0) is 17.7 Å². The normalized spacial score (nSPS) is 10.5. The lowest BCUT2D eigenvalue weighted by molar-refractivity contribution is 0.277. The Balaban J connectivity index is 2.22. The van der Waals surface area contributed by atoms with Crippen LogP contribution in [0.5, 0.6) is 0 Å². The number of hydrogen-bond donors (Lipinski definition) is 1. The van der Waals surface area contributed by atoms with Crippen molar-refractivity contribution < 1.29 is 14.0 Å². The minimum Gasteiger partial charge on any atom is -0.391 e. The molecule has 2 aromatic rings. The van der Waals surface area contributed by atoms with Crippen LogP contribution in [0.25, 0.3) is 0 Å². The van der Waals surface area contributed by atoms with E-state index in [0.29, 0.717) is 17.7 Å². The zero-order chi connectivity index (χ0) is 10.7. The van der Waals surface area contributed by atoms with E-state index in [0.717, 1.165) is 5.56 Å². The summed E-state index contributed by atoms with van der Waals surface area (Å²) in [5.74, 6) is 0.292. The van der Waals surface area contributed by atoms with Gasteiger partial charge in [0, 0.05) is 12.0 Å². The molecule has 0 amide bonds. The zero-order valence-corrected chi connectivity index (χ0v) is 7.98. The van der Waals surface area contributed by atoms with Gasteiger partial charge in [-0.15, -0.1) is 0 Å². The third kappa shape index (κ3) is 2.22. The lowest BCUT2D eigenvalue weighted by atomic mass is 10.1. The highest BCUT2D eigenvalue weighted by atomic mass is 19.1. The van der Waals surface area contributed by atoms with E-state index in [1.165, 1.54) is 18.3 Å². The van der Waals surface area contributed by atoms with Crippen molar-refractivity contribution in [2.24, 2.45) is 0 Å². The van der Waals surface area contributed by atoms with Gasteiger partial charge in [0.15, 0.2) is 0 Å². The van der Waals surface area contributed by atoms with E-state index >= 15 is 0 Å². The number of aromatic nitrogens is 1. The molecule has 0 fully saturated rings. The smallest absolute Gasteiger partial charge is 0.146 e. The Bertz CT molecular complexity index is 453. The standard InChI is InChI=1S/C11H10FNO2/c12-10-3-1-2-8(4-10)5-11-9(7-14)6-13-15-11/h1-4,6,14H,5,7H2. The van der Waals surface area contributed by atoms with Crippen LogP contribution < -0.4 is 0 Å². The first-order valence-corrected chi connectivity index (χ1v) is 4.57. The van der Waals surface area contributed by atoms with Gasteiger partial charge >= 0.3 is 0 Å². The highest BCUT2D eigenvalue weighted by molar-refractivity contribution is 5.24. The van der Waals surface area contributed by atoms with Crippen molar-refractivity contribution in [3.8, 4) is 0 Å². The lowest BCUT2D eigenvalue weighted by Crippen LogP contribution is -1.92. The van der Waals surface area contributed by atoms with Crippen LogP contribution in [0.15, 0.2) is 35.0 Å². The quantitative estimate of drug-likeness (QED) is 0.836. The van der Waals surface area contributed by atoms with Gasteiger partial charge in [-0.25, -0.2) is 4.39 Å². The number of hydrogen-bond acceptors (Lipinski definition) is 3. The van der Waals surface area contributed by atoms with Crippen LogP contribution in [0.2, 0.25) is 0 Å². The summed E-state index contributed by atoms with van der Waals surface area (Å²) in [4.78, 5) is 0. The molecule has 0 spiro atoms. The summed E-state index contributed by atoms with van der Waals surface area (Å²) in [6.07, 6.45) is 1.91. The minimum atomic E-state index is -0.280. The number of rotatable bonds is 3. The highest BCUT2D eigenvalue weighted by Crippen LogP contribution is 2.14. The zero-order valence-electron chi connectivity index (χ0n) is 7.98. The molecule has 3 nitrogen and oxygen atoms in total. The van der Waals surface area contributed by atoms with Crippen LogP contribution in [-0.2, 0) is 13.0 Å². The van der Waals surface area contributed by atoms with Crippen molar-refractivity contribution in [3.63, 3.8) is 0 Å². The predicted molar refractivity (Wildman–Crippen MR) is 51.6 cm³/mol. The maximum atomic E-state index is 12.9. The van der Waals surface area contributed by atoms with Crippen molar-refractivity contribution in [2.45, 2.75) is 13.0 Å². The van der Waals surface area contributed by atoms with Crippen molar-refractivity contribution in [1.29, 1.82) is 0 Å². The molecule has 1 aromatic carbocycles. The summed E-state index contributed by atoms with van der Waals surface area (Å²) in [7, 11) is 0. The molecule has 0 radical (unpaired) electrons. The maximum absolute atomic E-state index is 12.9. The van der Waals surface area contributed by atoms with Crippen LogP contribution in [0.1, 0.15) is 16.9 Å². The molecule has 78 valence electrons. The average Bonchev–Trinajstić information content (AvgIpc) is 2.65. The summed E-state index contributed by atoms with van der Waals surface area (Å²) >= 11 is 0. The Hall–Kier alpha value is -1.68. The van der Waals surface area contributed by atoms with E-state index in [2.05, 4.69) is 5.16 Å². The Kier molecular flexibility index (Phi) is 2.78. The fraction of sp³-hybridized carbons (Fsp3) is 0.182. The van der Waals surface area contributed by atoms with Gasteiger partial charge in [-0.1, -0.05) is 17.3 Å². The van der Waals surface area contributed by atoms with Crippen molar-refractivity contribution in [1.82, 2.24) is 5.16 Å². The summed E-state index contributed by atoms with van der Waals surface area (Å²) in [6, 6.07) is 6.26. The highest BCUT2D eigenvalue weighted by Gasteiger charge is 2.08. The Morgan fingerprint density at radius 2 is 2.27 bits per heavy atom. The lowest BCUT2D eigenvalue weighted by Gasteiger charge is -1.99. The molecular weight excluding hydrogens is 197 g/mol. The number of aliphatic hydroxyl groups excluding tert-OH is 1. The van der Waals surface area contributed by atoms with Crippen molar-refractivity contribution in [2.75, 3.05) is 0 Å². The first kappa shape index (κ1) is 9.86. The van der Waals surface area contributed by atoms with Gasteiger partial charge in [0.25, 0.3) is 0 Å². The van der Waals surface area contributed by atoms with Gasteiger partial charge < -0.3 is 9.63 Å². The number of halogens is 1. The number of aliphatic hydroxyl groups is 1. The molecule has 1 aromatic heterocycles. The monoisotopic (exact) mass is 207 g/mol. The van der Waals surface area contributed by atoms with Gasteiger partial charge in [0.05, 0.1) is 12.8 Å². The molecule has 0 aliphatic carbocycles.